The molecule has 2 aromatic rings. The fraction of sp³-hybridized carbons (Fsp3) is 0.500. The summed E-state index contributed by atoms with van der Waals surface area (Å²) >= 11 is 0. The molecule has 3 rings (SSSR count). The first-order chi connectivity index (χ1) is 10.6. The van der Waals surface area contributed by atoms with Gasteiger partial charge in [-0.25, -0.2) is 0 Å². The minimum atomic E-state index is 0.590. The second-order valence-electron chi connectivity index (χ2n) is 6.31. The first kappa shape index (κ1) is 15.1. The van der Waals surface area contributed by atoms with E-state index in [0.29, 0.717) is 6.04 Å². The number of aryl methyl sites for hydroxylation is 1. The van der Waals surface area contributed by atoms with Gasteiger partial charge in [-0.2, -0.15) is 0 Å². The second kappa shape index (κ2) is 6.13. The number of pyridine rings is 1. The van der Waals surface area contributed by atoms with Crippen molar-refractivity contribution in [2.75, 3.05) is 39.2 Å². The van der Waals surface area contributed by atoms with E-state index < -0.39 is 0 Å². The number of piperidine rings is 1. The predicted octanol–water partition coefficient (Wildman–Crippen LogP) is 3.08. The normalized spacial score (nSPS) is 16.9. The number of nitrogens with zero attached hydrogens (tertiary/aromatic N) is 3. The Balaban J connectivity index is 2.00. The third-order valence-electron chi connectivity index (χ3n) is 4.74. The Kier molecular flexibility index (Phi) is 4.21. The lowest BCUT2D eigenvalue weighted by molar-refractivity contribution is 0.253. The van der Waals surface area contributed by atoms with Gasteiger partial charge in [0.25, 0.3) is 0 Å². The van der Waals surface area contributed by atoms with Crippen LogP contribution in [0.2, 0.25) is 0 Å². The standard InChI is InChI=1S/C18H25N3O/c1-13-11-18(21(3)14-7-9-20(2)10-8-14)16-12-15(22-4)5-6-17(16)19-13/h5-6,11-12,14H,7-10H2,1-4H3. The Morgan fingerprint density at radius 2 is 1.95 bits per heavy atom. The first-order valence-electron chi connectivity index (χ1n) is 7.95. The number of hydrogen-bond donors (Lipinski definition) is 0. The number of hydrogen-bond acceptors (Lipinski definition) is 4. The van der Waals surface area contributed by atoms with Gasteiger partial charge in [-0.1, -0.05) is 0 Å². The number of ether oxygens (including phenoxy) is 1. The van der Waals surface area contributed by atoms with E-state index >= 15 is 0 Å². The molecule has 1 aromatic carbocycles. The molecule has 2 heterocycles. The summed E-state index contributed by atoms with van der Waals surface area (Å²) in [6.45, 7) is 4.40. The van der Waals surface area contributed by atoms with Crippen LogP contribution in [0.1, 0.15) is 18.5 Å². The van der Waals surface area contributed by atoms with Gasteiger partial charge in [-0.15, -0.1) is 0 Å². The highest BCUT2D eigenvalue weighted by molar-refractivity contribution is 5.93. The van der Waals surface area contributed by atoms with E-state index in [1.165, 1.54) is 37.0 Å². The highest BCUT2D eigenvalue weighted by Gasteiger charge is 2.22. The van der Waals surface area contributed by atoms with Gasteiger partial charge in [0.2, 0.25) is 0 Å². The van der Waals surface area contributed by atoms with Crippen LogP contribution < -0.4 is 9.64 Å². The van der Waals surface area contributed by atoms with E-state index in [9.17, 15) is 0 Å². The van der Waals surface area contributed by atoms with Gasteiger partial charge in [-0.3, -0.25) is 4.98 Å². The molecule has 4 nitrogen and oxygen atoms in total. The number of benzene rings is 1. The summed E-state index contributed by atoms with van der Waals surface area (Å²) in [5, 5.41) is 1.17. The molecule has 1 aliphatic heterocycles. The van der Waals surface area contributed by atoms with E-state index in [-0.39, 0.29) is 0 Å². The van der Waals surface area contributed by atoms with E-state index in [2.05, 4.69) is 47.9 Å². The second-order valence-corrected chi connectivity index (χ2v) is 6.31. The number of aromatic nitrogens is 1. The van der Waals surface area contributed by atoms with Crippen LogP contribution in [0, 0.1) is 6.92 Å². The van der Waals surface area contributed by atoms with Gasteiger partial charge >= 0.3 is 0 Å². The minimum absolute atomic E-state index is 0.590. The third-order valence-corrected chi connectivity index (χ3v) is 4.74. The van der Waals surface area contributed by atoms with Crippen LogP contribution in [-0.2, 0) is 0 Å². The summed E-state index contributed by atoms with van der Waals surface area (Å²) in [6, 6.07) is 8.91. The topological polar surface area (TPSA) is 28.6 Å². The highest BCUT2D eigenvalue weighted by atomic mass is 16.5. The zero-order chi connectivity index (χ0) is 15.7. The largest absolute Gasteiger partial charge is 0.497 e. The molecule has 118 valence electrons. The number of likely N-dealkylation sites (tertiary alicyclic amines) is 1. The van der Waals surface area contributed by atoms with E-state index in [1.54, 1.807) is 7.11 Å². The van der Waals surface area contributed by atoms with Crippen LogP contribution in [0.15, 0.2) is 24.3 Å². The summed E-state index contributed by atoms with van der Waals surface area (Å²) < 4.78 is 5.39. The Hall–Kier alpha value is -1.81. The van der Waals surface area contributed by atoms with E-state index in [1.807, 2.05) is 12.1 Å². The molecular formula is C18H25N3O. The molecule has 1 saturated heterocycles. The summed E-state index contributed by atoms with van der Waals surface area (Å²) in [5.74, 6) is 0.885. The SMILES string of the molecule is COc1ccc2nc(C)cc(N(C)C3CCN(C)CC3)c2c1. The lowest BCUT2D eigenvalue weighted by Gasteiger charge is -2.37. The van der Waals surface area contributed by atoms with Crippen molar-refractivity contribution in [2.45, 2.75) is 25.8 Å². The van der Waals surface area contributed by atoms with Crippen LogP contribution in [0.4, 0.5) is 5.69 Å². The Morgan fingerprint density at radius 3 is 2.64 bits per heavy atom. The van der Waals surface area contributed by atoms with Crippen molar-refractivity contribution >= 4 is 16.6 Å². The quantitative estimate of drug-likeness (QED) is 0.871. The molecule has 0 atom stereocenters. The molecule has 1 aromatic heterocycles. The van der Waals surface area contributed by atoms with Gasteiger partial charge in [-0.05, 0) is 64.2 Å². The average Bonchev–Trinajstić information content (AvgIpc) is 2.53. The Morgan fingerprint density at radius 1 is 1.23 bits per heavy atom. The maximum absolute atomic E-state index is 5.39. The van der Waals surface area contributed by atoms with E-state index in [0.717, 1.165) is 17.0 Å². The molecule has 0 N–H and O–H groups in total. The molecule has 0 spiro atoms. The Bertz CT molecular complexity index is 663. The van der Waals surface area contributed by atoms with Gasteiger partial charge < -0.3 is 14.5 Å². The Labute approximate surface area is 132 Å². The molecule has 1 aliphatic rings. The first-order valence-corrected chi connectivity index (χ1v) is 7.95. The fourth-order valence-electron chi connectivity index (χ4n) is 3.31. The molecule has 0 aliphatic carbocycles. The van der Waals surface area contributed by atoms with Gasteiger partial charge in [0.05, 0.1) is 12.6 Å². The van der Waals surface area contributed by atoms with Crippen LogP contribution in [0.3, 0.4) is 0 Å². The molecule has 0 saturated carbocycles. The number of fused-ring (bicyclic) bond motifs is 1. The molecule has 4 heteroatoms. The molecule has 22 heavy (non-hydrogen) atoms. The number of methoxy groups -OCH3 is 1. The van der Waals surface area contributed by atoms with Crippen molar-refractivity contribution in [3.05, 3.63) is 30.0 Å². The van der Waals surface area contributed by atoms with Crippen LogP contribution in [0.5, 0.6) is 5.75 Å². The molecular weight excluding hydrogens is 274 g/mol. The predicted molar refractivity (Wildman–Crippen MR) is 92.0 cm³/mol. The molecule has 1 fully saturated rings. The monoisotopic (exact) mass is 299 g/mol. The van der Waals surface area contributed by atoms with E-state index in [4.69, 9.17) is 4.74 Å². The maximum Gasteiger partial charge on any atom is 0.119 e. The van der Waals surface area contributed by atoms with Crippen LogP contribution in [-0.4, -0.2) is 50.2 Å². The summed E-state index contributed by atoms with van der Waals surface area (Å²) in [7, 11) is 6.12. The summed E-state index contributed by atoms with van der Waals surface area (Å²) in [4.78, 5) is 9.50. The van der Waals surface area contributed by atoms with Crippen LogP contribution in [0.25, 0.3) is 10.9 Å². The molecule has 0 unspecified atom stereocenters. The minimum Gasteiger partial charge on any atom is -0.497 e. The van der Waals surface area contributed by atoms with Gasteiger partial charge in [0.15, 0.2) is 0 Å². The number of anilines is 1. The molecule has 0 amide bonds. The summed E-state index contributed by atoms with van der Waals surface area (Å²) in [5.41, 5.74) is 3.36. The van der Waals surface area contributed by atoms with Crippen molar-refractivity contribution in [1.82, 2.24) is 9.88 Å². The van der Waals surface area contributed by atoms with Crippen LogP contribution >= 0.6 is 0 Å². The van der Waals surface area contributed by atoms with Gasteiger partial charge in [0, 0.05) is 29.9 Å². The molecule has 0 bridgehead atoms. The average molecular weight is 299 g/mol. The molecule has 0 radical (unpaired) electrons. The van der Waals surface area contributed by atoms with Gasteiger partial charge in [0.1, 0.15) is 5.75 Å². The highest BCUT2D eigenvalue weighted by Crippen LogP contribution is 2.32. The van der Waals surface area contributed by atoms with Crippen molar-refractivity contribution in [3.8, 4) is 5.75 Å². The summed E-state index contributed by atoms with van der Waals surface area (Å²) in [6.07, 6.45) is 2.42. The zero-order valence-corrected chi connectivity index (χ0v) is 14.0. The van der Waals surface area contributed by atoms with Crippen molar-refractivity contribution in [2.24, 2.45) is 0 Å². The smallest absolute Gasteiger partial charge is 0.119 e. The maximum atomic E-state index is 5.39. The zero-order valence-electron chi connectivity index (χ0n) is 14.0. The lowest BCUT2D eigenvalue weighted by atomic mass is 10.0. The number of rotatable bonds is 3. The third kappa shape index (κ3) is 2.88. The lowest BCUT2D eigenvalue weighted by Crippen LogP contribution is -2.42. The van der Waals surface area contributed by atoms with Crippen molar-refractivity contribution < 1.29 is 4.74 Å². The van der Waals surface area contributed by atoms with Crippen molar-refractivity contribution in [3.63, 3.8) is 0 Å². The fourth-order valence-corrected chi connectivity index (χ4v) is 3.31. The van der Waals surface area contributed by atoms with Crippen molar-refractivity contribution in [1.29, 1.82) is 0 Å².